The minimum atomic E-state index is 0.839. The number of aromatic nitrogens is 4. The molecule has 0 aliphatic heterocycles. The Kier molecular flexibility index (Phi) is 5.17. The standard InChI is InChI=1S/C12H17N5OS/c1-17-12(14-15-16-17)19-8-7-13-9-10-3-5-11(18-2)6-4-10/h3-6,13H,7-9H2,1-2H3. The van der Waals surface area contributed by atoms with Gasteiger partial charge >= 0.3 is 0 Å². The lowest BCUT2D eigenvalue weighted by atomic mass is 10.2. The van der Waals surface area contributed by atoms with Crippen LogP contribution in [0.5, 0.6) is 5.75 Å². The molecule has 0 aliphatic rings. The second kappa shape index (κ2) is 7.10. The van der Waals surface area contributed by atoms with Crippen LogP contribution in [0.25, 0.3) is 0 Å². The van der Waals surface area contributed by atoms with Gasteiger partial charge in [0.2, 0.25) is 5.16 Å². The van der Waals surface area contributed by atoms with Crippen molar-refractivity contribution in [3.05, 3.63) is 29.8 Å². The zero-order chi connectivity index (χ0) is 13.5. The molecule has 0 unspecified atom stereocenters. The molecular formula is C12H17N5OS. The number of rotatable bonds is 7. The molecule has 0 aliphatic carbocycles. The van der Waals surface area contributed by atoms with Crippen LogP contribution >= 0.6 is 11.8 Å². The fourth-order valence-electron chi connectivity index (χ4n) is 1.53. The first kappa shape index (κ1) is 13.8. The molecule has 0 fully saturated rings. The largest absolute Gasteiger partial charge is 0.497 e. The van der Waals surface area contributed by atoms with E-state index in [9.17, 15) is 0 Å². The van der Waals surface area contributed by atoms with Crippen molar-refractivity contribution in [2.45, 2.75) is 11.7 Å². The van der Waals surface area contributed by atoms with Crippen molar-refractivity contribution in [2.75, 3.05) is 19.4 Å². The zero-order valence-electron chi connectivity index (χ0n) is 11.0. The van der Waals surface area contributed by atoms with Crippen molar-refractivity contribution >= 4 is 11.8 Å². The summed E-state index contributed by atoms with van der Waals surface area (Å²) >= 11 is 1.64. The molecule has 1 N–H and O–H groups in total. The lowest BCUT2D eigenvalue weighted by Crippen LogP contribution is -2.16. The molecule has 2 aromatic rings. The lowest BCUT2D eigenvalue weighted by Gasteiger charge is -2.05. The number of ether oxygens (including phenoxy) is 1. The predicted octanol–water partition coefficient (Wildman–Crippen LogP) is 1.10. The summed E-state index contributed by atoms with van der Waals surface area (Å²) in [6, 6.07) is 8.06. The summed E-state index contributed by atoms with van der Waals surface area (Å²) in [5.74, 6) is 1.82. The molecule has 0 saturated carbocycles. The Morgan fingerprint density at radius 2 is 2.11 bits per heavy atom. The van der Waals surface area contributed by atoms with Gasteiger partial charge in [-0.05, 0) is 28.1 Å². The number of methoxy groups -OCH3 is 1. The van der Waals surface area contributed by atoms with Crippen LogP contribution in [0.15, 0.2) is 29.4 Å². The molecule has 6 nitrogen and oxygen atoms in total. The van der Waals surface area contributed by atoms with Gasteiger partial charge in [-0.2, -0.15) is 0 Å². The fraction of sp³-hybridized carbons (Fsp3) is 0.417. The molecule has 19 heavy (non-hydrogen) atoms. The molecule has 7 heteroatoms. The Labute approximate surface area is 116 Å². The smallest absolute Gasteiger partial charge is 0.209 e. The van der Waals surface area contributed by atoms with Gasteiger partial charge in [0.1, 0.15) is 5.75 Å². The van der Waals surface area contributed by atoms with E-state index in [0.29, 0.717) is 0 Å². The maximum atomic E-state index is 5.12. The number of hydrogen-bond acceptors (Lipinski definition) is 6. The average Bonchev–Trinajstić information content (AvgIpc) is 2.85. The van der Waals surface area contributed by atoms with Gasteiger partial charge in [0.25, 0.3) is 0 Å². The van der Waals surface area contributed by atoms with E-state index in [2.05, 4.69) is 33.0 Å². The Balaban J connectivity index is 1.65. The zero-order valence-corrected chi connectivity index (χ0v) is 11.9. The number of aryl methyl sites for hydroxylation is 1. The first-order valence-electron chi connectivity index (χ1n) is 5.98. The van der Waals surface area contributed by atoms with Crippen molar-refractivity contribution in [2.24, 2.45) is 7.05 Å². The van der Waals surface area contributed by atoms with Gasteiger partial charge in [-0.1, -0.05) is 23.9 Å². The number of hydrogen-bond donors (Lipinski definition) is 1. The Morgan fingerprint density at radius 3 is 2.74 bits per heavy atom. The normalized spacial score (nSPS) is 10.6. The van der Waals surface area contributed by atoms with E-state index in [1.54, 1.807) is 23.6 Å². The minimum Gasteiger partial charge on any atom is -0.497 e. The maximum absolute atomic E-state index is 5.12. The molecule has 0 bridgehead atoms. The molecule has 0 spiro atoms. The summed E-state index contributed by atoms with van der Waals surface area (Å²) in [6.07, 6.45) is 0. The molecule has 1 aromatic carbocycles. The predicted molar refractivity (Wildman–Crippen MR) is 74.2 cm³/mol. The molecule has 1 aromatic heterocycles. The third kappa shape index (κ3) is 4.22. The maximum Gasteiger partial charge on any atom is 0.209 e. The number of tetrazole rings is 1. The van der Waals surface area contributed by atoms with Crippen LogP contribution in [0.3, 0.4) is 0 Å². The highest BCUT2D eigenvalue weighted by Gasteiger charge is 2.01. The highest BCUT2D eigenvalue weighted by Crippen LogP contribution is 2.12. The molecule has 2 rings (SSSR count). The molecule has 102 valence electrons. The lowest BCUT2D eigenvalue weighted by molar-refractivity contribution is 0.414. The number of benzene rings is 1. The SMILES string of the molecule is COc1ccc(CNCCSc2nnnn2C)cc1. The highest BCUT2D eigenvalue weighted by atomic mass is 32.2. The number of nitrogens with one attached hydrogen (secondary N) is 1. The second-order valence-corrected chi connectivity index (χ2v) is 5.02. The summed E-state index contributed by atoms with van der Waals surface area (Å²) in [5, 5.41) is 15.5. The van der Waals surface area contributed by atoms with Gasteiger partial charge < -0.3 is 10.1 Å². The van der Waals surface area contributed by atoms with E-state index in [1.807, 2.05) is 19.2 Å². The van der Waals surface area contributed by atoms with Gasteiger partial charge in [0.15, 0.2) is 0 Å². The van der Waals surface area contributed by atoms with Gasteiger partial charge in [-0.25, -0.2) is 4.68 Å². The second-order valence-electron chi connectivity index (χ2n) is 3.96. The van der Waals surface area contributed by atoms with Crippen molar-refractivity contribution < 1.29 is 4.74 Å². The summed E-state index contributed by atoms with van der Waals surface area (Å²) in [4.78, 5) is 0. The molecule has 0 amide bonds. The van der Waals surface area contributed by atoms with Crippen molar-refractivity contribution in [3.8, 4) is 5.75 Å². The van der Waals surface area contributed by atoms with Crippen LogP contribution in [0, 0.1) is 0 Å². The van der Waals surface area contributed by atoms with E-state index in [0.717, 1.165) is 29.7 Å². The van der Waals surface area contributed by atoms with E-state index in [1.165, 1.54) is 5.56 Å². The molecule has 0 atom stereocenters. The summed E-state index contributed by atoms with van der Waals surface area (Å²) in [5.41, 5.74) is 1.24. The van der Waals surface area contributed by atoms with Crippen LogP contribution in [0.1, 0.15) is 5.56 Å². The molecule has 0 radical (unpaired) electrons. The summed E-state index contributed by atoms with van der Waals surface area (Å²) in [6.45, 7) is 1.76. The van der Waals surface area contributed by atoms with Crippen LogP contribution in [0.4, 0.5) is 0 Å². The quantitative estimate of drug-likeness (QED) is 0.605. The molecule has 1 heterocycles. The monoisotopic (exact) mass is 279 g/mol. The molecule has 0 saturated heterocycles. The van der Waals surface area contributed by atoms with E-state index in [-0.39, 0.29) is 0 Å². The topological polar surface area (TPSA) is 64.9 Å². The summed E-state index contributed by atoms with van der Waals surface area (Å²) < 4.78 is 6.79. The summed E-state index contributed by atoms with van der Waals surface area (Å²) in [7, 11) is 3.51. The van der Waals surface area contributed by atoms with Gasteiger partial charge in [-0.3, -0.25) is 0 Å². The van der Waals surface area contributed by atoms with Crippen molar-refractivity contribution in [1.29, 1.82) is 0 Å². The van der Waals surface area contributed by atoms with E-state index >= 15 is 0 Å². The third-order valence-electron chi connectivity index (χ3n) is 2.58. The Bertz CT molecular complexity index is 499. The minimum absolute atomic E-state index is 0.839. The Hall–Kier alpha value is -1.60. The van der Waals surface area contributed by atoms with Gasteiger partial charge in [0.05, 0.1) is 7.11 Å². The number of thioether (sulfide) groups is 1. The van der Waals surface area contributed by atoms with Crippen LogP contribution in [0.2, 0.25) is 0 Å². The van der Waals surface area contributed by atoms with Crippen LogP contribution < -0.4 is 10.1 Å². The van der Waals surface area contributed by atoms with Crippen molar-refractivity contribution in [1.82, 2.24) is 25.5 Å². The number of nitrogens with zero attached hydrogens (tertiary/aromatic N) is 4. The highest BCUT2D eigenvalue weighted by molar-refractivity contribution is 7.99. The third-order valence-corrected chi connectivity index (χ3v) is 3.59. The van der Waals surface area contributed by atoms with E-state index in [4.69, 9.17) is 4.74 Å². The van der Waals surface area contributed by atoms with Crippen LogP contribution in [-0.2, 0) is 13.6 Å². The Morgan fingerprint density at radius 1 is 1.32 bits per heavy atom. The van der Waals surface area contributed by atoms with Gasteiger partial charge in [0, 0.05) is 25.9 Å². The van der Waals surface area contributed by atoms with Crippen molar-refractivity contribution in [3.63, 3.8) is 0 Å². The first-order valence-corrected chi connectivity index (χ1v) is 6.97. The van der Waals surface area contributed by atoms with Gasteiger partial charge in [-0.15, -0.1) is 5.10 Å². The van der Waals surface area contributed by atoms with Crippen LogP contribution in [-0.4, -0.2) is 39.6 Å². The average molecular weight is 279 g/mol. The first-order chi connectivity index (χ1) is 9.29. The van der Waals surface area contributed by atoms with E-state index < -0.39 is 0 Å². The molecular weight excluding hydrogens is 262 g/mol. The fourth-order valence-corrected chi connectivity index (χ4v) is 2.28.